The van der Waals surface area contributed by atoms with E-state index in [0.29, 0.717) is 30.3 Å². The second kappa shape index (κ2) is 3.48. The molecule has 3 saturated carbocycles. The highest BCUT2D eigenvalue weighted by Crippen LogP contribution is 2.71. The number of aliphatic hydroxyl groups is 2. The lowest BCUT2D eigenvalue weighted by atomic mass is 9.74. The number of rotatable bonds is 1. The second-order valence-corrected chi connectivity index (χ2v) is 7.43. The van der Waals surface area contributed by atoms with Crippen LogP contribution >= 0.6 is 0 Å². The first-order valence-corrected chi connectivity index (χ1v) is 7.25. The van der Waals surface area contributed by atoms with Crippen molar-refractivity contribution in [2.75, 3.05) is 6.61 Å². The lowest BCUT2D eigenvalue weighted by Crippen LogP contribution is -2.38. The Morgan fingerprint density at radius 1 is 1.12 bits per heavy atom. The van der Waals surface area contributed by atoms with E-state index in [-0.39, 0.29) is 5.41 Å². The fourth-order valence-corrected chi connectivity index (χ4v) is 5.33. The normalized spacial score (nSPS) is 61.6. The van der Waals surface area contributed by atoms with Gasteiger partial charge in [-0.05, 0) is 61.2 Å². The minimum Gasteiger partial charge on any atom is -0.396 e. The lowest BCUT2D eigenvalue weighted by molar-refractivity contribution is -0.0327. The van der Waals surface area contributed by atoms with E-state index in [0.717, 1.165) is 18.8 Å². The van der Waals surface area contributed by atoms with Gasteiger partial charge < -0.3 is 10.2 Å². The molecule has 0 aromatic rings. The maximum atomic E-state index is 10.7. The smallest absolute Gasteiger partial charge is 0.0650 e. The van der Waals surface area contributed by atoms with Gasteiger partial charge in [0, 0.05) is 6.61 Å². The van der Waals surface area contributed by atoms with Gasteiger partial charge in [0.15, 0.2) is 0 Å². The minimum atomic E-state index is -0.459. The van der Waals surface area contributed by atoms with Crippen molar-refractivity contribution in [1.29, 1.82) is 0 Å². The monoisotopic (exact) mass is 238 g/mol. The molecule has 0 aliphatic heterocycles. The molecule has 2 heteroatoms. The molecule has 0 spiro atoms. The fraction of sp³-hybridized carbons (Fsp3) is 1.00. The summed E-state index contributed by atoms with van der Waals surface area (Å²) in [6.45, 7) is 6.98. The Kier molecular flexibility index (Phi) is 2.45. The van der Waals surface area contributed by atoms with Crippen molar-refractivity contribution in [1.82, 2.24) is 0 Å². The predicted molar refractivity (Wildman–Crippen MR) is 67.4 cm³/mol. The molecule has 17 heavy (non-hydrogen) atoms. The summed E-state index contributed by atoms with van der Waals surface area (Å²) in [7, 11) is 0. The molecule has 7 atom stereocenters. The van der Waals surface area contributed by atoms with Crippen molar-refractivity contribution in [3.63, 3.8) is 0 Å². The topological polar surface area (TPSA) is 40.5 Å². The van der Waals surface area contributed by atoms with Crippen LogP contribution in [-0.4, -0.2) is 22.4 Å². The van der Waals surface area contributed by atoms with Crippen LogP contribution in [-0.2, 0) is 0 Å². The predicted octanol–water partition coefficient (Wildman–Crippen LogP) is 2.44. The molecule has 0 aromatic heterocycles. The Bertz CT molecular complexity index is 325. The van der Waals surface area contributed by atoms with Gasteiger partial charge in [-0.3, -0.25) is 0 Å². The third-order valence-electron chi connectivity index (χ3n) is 6.50. The molecule has 3 aliphatic carbocycles. The van der Waals surface area contributed by atoms with Crippen molar-refractivity contribution >= 4 is 0 Å². The van der Waals surface area contributed by atoms with Crippen molar-refractivity contribution in [2.45, 2.75) is 52.1 Å². The average Bonchev–Trinajstić information content (AvgIpc) is 2.70. The highest BCUT2D eigenvalue weighted by atomic mass is 16.3. The first-order chi connectivity index (χ1) is 7.92. The van der Waals surface area contributed by atoms with Gasteiger partial charge in [-0.2, -0.15) is 0 Å². The molecule has 0 unspecified atom stereocenters. The lowest BCUT2D eigenvalue weighted by Gasteiger charge is -2.35. The van der Waals surface area contributed by atoms with Crippen LogP contribution in [0.15, 0.2) is 0 Å². The molecule has 0 radical (unpaired) electrons. The van der Waals surface area contributed by atoms with Gasteiger partial charge in [-0.25, -0.2) is 0 Å². The van der Waals surface area contributed by atoms with Gasteiger partial charge in [-0.15, -0.1) is 0 Å². The number of hydrogen-bond acceptors (Lipinski definition) is 2. The zero-order valence-electron chi connectivity index (χ0n) is 11.3. The largest absolute Gasteiger partial charge is 0.396 e. The first kappa shape index (κ1) is 12.0. The molecule has 0 aromatic carbocycles. The summed E-state index contributed by atoms with van der Waals surface area (Å²) in [4.78, 5) is 0. The molecule has 2 N–H and O–H groups in total. The van der Waals surface area contributed by atoms with Gasteiger partial charge in [0.25, 0.3) is 0 Å². The molecule has 0 saturated heterocycles. The van der Waals surface area contributed by atoms with Crippen LogP contribution < -0.4 is 0 Å². The number of fused-ring (bicyclic) bond motifs is 3. The third-order valence-corrected chi connectivity index (χ3v) is 6.50. The summed E-state index contributed by atoms with van der Waals surface area (Å²) in [5.74, 6) is 3.18. The molecular formula is C15H26O2. The third kappa shape index (κ3) is 1.46. The van der Waals surface area contributed by atoms with E-state index >= 15 is 0 Å². The van der Waals surface area contributed by atoms with Crippen LogP contribution in [0.5, 0.6) is 0 Å². The fourth-order valence-electron chi connectivity index (χ4n) is 5.33. The van der Waals surface area contributed by atoms with Gasteiger partial charge in [-0.1, -0.05) is 20.3 Å². The van der Waals surface area contributed by atoms with Gasteiger partial charge in [0.2, 0.25) is 0 Å². The Morgan fingerprint density at radius 3 is 2.47 bits per heavy atom. The summed E-state index contributed by atoms with van der Waals surface area (Å²) >= 11 is 0. The zero-order chi connectivity index (χ0) is 12.4. The molecule has 0 amide bonds. The number of aliphatic hydroxyl groups excluding tert-OH is 1. The average molecular weight is 238 g/mol. The molecule has 3 rings (SSSR count). The van der Waals surface area contributed by atoms with E-state index in [1.54, 1.807) is 0 Å². The van der Waals surface area contributed by atoms with E-state index in [9.17, 15) is 10.2 Å². The van der Waals surface area contributed by atoms with Gasteiger partial charge in [0.1, 0.15) is 0 Å². The van der Waals surface area contributed by atoms with Crippen LogP contribution in [0.3, 0.4) is 0 Å². The van der Waals surface area contributed by atoms with Gasteiger partial charge in [0.05, 0.1) is 5.60 Å². The minimum absolute atomic E-state index is 0.165. The van der Waals surface area contributed by atoms with Crippen LogP contribution in [0, 0.1) is 35.0 Å². The first-order valence-electron chi connectivity index (χ1n) is 7.25. The van der Waals surface area contributed by atoms with Crippen LogP contribution in [0.2, 0.25) is 0 Å². The maximum Gasteiger partial charge on any atom is 0.0650 e. The highest BCUT2D eigenvalue weighted by molar-refractivity contribution is 5.16. The van der Waals surface area contributed by atoms with Crippen molar-refractivity contribution in [2.24, 2.45) is 35.0 Å². The Morgan fingerprint density at radius 2 is 1.82 bits per heavy atom. The van der Waals surface area contributed by atoms with Gasteiger partial charge >= 0.3 is 0 Å². The van der Waals surface area contributed by atoms with Crippen LogP contribution in [0.25, 0.3) is 0 Å². The summed E-state index contributed by atoms with van der Waals surface area (Å²) in [5.41, 5.74) is -0.294. The van der Waals surface area contributed by atoms with E-state index in [1.165, 1.54) is 12.8 Å². The second-order valence-electron chi connectivity index (χ2n) is 7.43. The van der Waals surface area contributed by atoms with Crippen molar-refractivity contribution < 1.29 is 10.2 Å². The van der Waals surface area contributed by atoms with Crippen LogP contribution in [0.4, 0.5) is 0 Å². The maximum absolute atomic E-state index is 10.7. The summed E-state index contributed by atoms with van der Waals surface area (Å²) in [6.07, 6.45) is 4.48. The molecule has 2 nitrogen and oxygen atoms in total. The summed E-state index contributed by atoms with van der Waals surface area (Å²) in [6, 6.07) is 0. The van der Waals surface area contributed by atoms with Crippen molar-refractivity contribution in [3.8, 4) is 0 Å². The highest BCUT2D eigenvalue weighted by Gasteiger charge is 2.68. The number of hydrogen-bond donors (Lipinski definition) is 2. The van der Waals surface area contributed by atoms with Crippen molar-refractivity contribution in [3.05, 3.63) is 0 Å². The SMILES string of the molecule is C[C@@H]1CC[C@H]2[C@@H]1[C@@H]1[C@@H](CC[C@]2(C)O)[C@@]1(C)CO. The molecule has 0 bridgehead atoms. The van der Waals surface area contributed by atoms with E-state index in [1.807, 2.05) is 6.92 Å². The van der Waals surface area contributed by atoms with E-state index in [4.69, 9.17) is 0 Å². The molecule has 98 valence electrons. The molecule has 3 aliphatic rings. The molecular weight excluding hydrogens is 212 g/mol. The van der Waals surface area contributed by atoms with E-state index < -0.39 is 5.60 Å². The Balaban J connectivity index is 1.93. The molecule has 3 fully saturated rings. The summed E-state index contributed by atoms with van der Waals surface area (Å²) < 4.78 is 0. The Labute approximate surface area is 104 Å². The Hall–Kier alpha value is -0.0800. The zero-order valence-corrected chi connectivity index (χ0v) is 11.3. The molecule has 0 heterocycles. The van der Waals surface area contributed by atoms with Crippen LogP contribution in [0.1, 0.15) is 46.5 Å². The quantitative estimate of drug-likeness (QED) is 0.736. The standard InChI is InChI=1S/C15H26O2/c1-9-4-5-10-12(9)13-11(14(13,2)8-16)6-7-15(10,3)17/h9-13,16-17H,4-8H2,1-3H3/t9-,10+,11-,12-,13+,14-,15+/m1/s1. The van der Waals surface area contributed by atoms with E-state index in [2.05, 4.69) is 13.8 Å². The summed E-state index contributed by atoms with van der Waals surface area (Å²) in [5, 5.41) is 20.3.